The van der Waals surface area contributed by atoms with Crippen molar-refractivity contribution in [1.82, 2.24) is 14.9 Å². The largest absolute Gasteiger partial charge is 0.417 e. The number of aromatic nitrogens is 2. The van der Waals surface area contributed by atoms with E-state index in [0.29, 0.717) is 23.4 Å². The van der Waals surface area contributed by atoms with Gasteiger partial charge < -0.3 is 8.94 Å². The maximum Gasteiger partial charge on any atom is 0.417 e. The molecule has 22 heavy (non-hydrogen) atoms. The Balaban J connectivity index is 1.74. The molecule has 0 fully saturated rings. The van der Waals surface area contributed by atoms with Crippen LogP contribution in [0.2, 0.25) is 0 Å². The van der Waals surface area contributed by atoms with E-state index in [0.717, 1.165) is 0 Å². The van der Waals surface area contributed by atoms with Crippen LogP contribution >= 0.6 is 0 Å². The lowest BCUT2D eigenvalue weighted by Gasteiger charge is -2.05. The molecule has 0 bridgehead atoms. The number of oxazole rings is 1. The highest BCUT2D eigenvalue weighted by molar-refractivity contribution is 7.89. The van der Waals surface area contributed by atoms with Gasteiger partial charge in [-0.25, -0.2) is 17.9 Å². The average Bonchev–Trinajstić information content (AvgIpc) is 3.02. The summed E-state index contributed by atoms with van der Waals surface area (Å²) in [7, 11) is -3.69. The summed E-state index contributed by atoms with van der Waals surface area (Å²) in [6.07, 6.45) is 0.415. The van der Waals surface area contributed by atoms with Gasteiger partial charge in [0.05, 0.1) is 16.1 Å². The second-order valence-electron chi connectivity index (χ2n) is 4.75. The lowest BCUT2D eigenvalue weighted by molar-refractivity contribution is 0.390. The molecule has 0 unspecified atom stereocenters. The molecule has 2 heterocycles. The molecule has 0 radical (unpaired) electrons. The van der Waals surface area contributed by atoms with Gasteiger partial charge in [-0.3, -0.25) is 4.98 Å². The first-order valence-electron chi connectivity index (χ1n) is 6.49. The van der Waals surface area contributed by atoms with Crippen LogP contribution in [-0.2, 0) is 16.4 Å². The summed E-state index contributed by atoms with van der Waals surface area (Å²) < 4.78 is 36.6. The molecular formula is C13H13N3O5S. The van der Waals surface area contributed by atoms with E-state index in [4.69, 9.17) is 8.94 Å². The number of nitrogens with one attached hydrogen (secondary N) is 2. The third kappa shape index (κ3) is 2.95. The van der Waals surface area contributed by atoms with Gasteiger partial charge in [0.1, 0.15) is 5.76 Å². The van der Waals surface area contributed by atoms with Crippen molar-refractivity contribution in [1.29, 1.82) is 0 Å². The number of hydrogen-bond donors (Lipinski definition) is 2. The molecule has 0 atom stereocenters. The van der Waals surface area contributed by atoms with Crippen LogP contribution < -0.4 is 10.5 Å². The minimum absolute atomic E-state index is 0.0269. The second-order valence-corrected chi connectivity index (χ2v) is 6.52. The first kappa shape index (κ1) is 14.5. The Labute approximate surface area is 125 Å². The van der Waals surface area contributed by atoms with Crippen LogP contribution in [0.25, 0.3) is 11.1 Å². The topological polar surface area (TPSA) is 118 Å². The van der Waals surface area contributed by atoms with Gasteiger partial charge in [-0.15, -0.1) is 0 Å². The minimum atomic E-state index is -3.69. The highest BCUT2D eigenvalue weighted by Gasteiger charge is 2.15. The van der Waals surface area contributed by atoms with Crippen molar-refractivity contribution in [3.05, 3.63) is 46.3 Å². The predicted molar refractivity (Wildman–Crippen MR) is 77.0 cm³/mol. The van der Waals surface area contributed by atoms with Crippen LogP contribution in [-0.4, -0.2) is 25.1 Å². The molecule has 3 rings (SSSR count). The Hall–Kier alpha value is -2.39. The first-order chi connectivity index (χ1) is 10.4. The van der Waals surface area contributed by atoms with E-state index in [1.165, 1.54) is 18.2 Å². The lowest BCUT2D eigenvalue weighted by atomic mass is 10.3. The fourth-order valence-corrected chi connectivity index (χ4v) is 3.07. The molecule has 0 saturated heterocycles. The van der Waals surface area contributed by atoms with Crippen molar-refractivity contribution >= 4 is 21.1 Å². The number of aromatic amines is 1. The standard InChI is InChI=1S/C13H13N3O5S/c1-8-6-9(16-21-8)4-5-14-22(18,19)10-2-3-11-12(7-10)20-13(17)15-11/h2-3,6-7,14H,4-5H2,1H3,(H,15,17). The smallest absolute Gasteiger partial charge is 0.408 e. The van der Waals surface area contributed by atoms with Crippen LogP contribution in [0.4, 0.5) is 0 Å². The van der Waals surface area contributed by atoms with Gasteiger partial charge in [0, 0.05) is 25.1 Å². The van der Waals surface area contributed by atoms with E-state index in [1.807, 2.05) is 0 Å². The molecule has 0 spiro atoms. The minimum Gasteiger partial charge on any atom is -0.408 e. The molecule has 0 aliphatic rings. The van der Waals surface area contributed by atoms with Gasteiger partial charge in [-0.05, 0) is 19.1 Å². The Kier molecular flexibility index (Phi) is 3.59. The van der Waals surface area contributed by atoms with E-state index in [1.54, 1.807) is 13.0 Å². The monoisotopic (exact) mass is 323 g/mol. The molecule has 2 N–H and O–H groups in total. The molecule has 116 valence electrons. The summed E-state index contributed by atoms with van der Waals surface area (Å²) in [5, 5.41) is 3.79. The number of aryl methyl sites for hydroxylation is 1. The van der Waals surface area contributed by atoms with Gasteiger partial charge in [0.25, 0.3) is 0 Å². The summed E-state index contributed by atoms with van der Waals surface area (Å²) in [6, 6.07) is 5.93. The van der Waals surface area contributed by atoms with E-state index in [-0.39, 0.29) is 17.0 Å². The summed E-state index contributed by atoms with van der Waals surface area (Å²) in [6.45, 7) is 1.95. The molecule has 0 aliphatic heterocycles. The number of sulfonamides is 1. The zero-order valence-electron chi connectivity index (χ0n) is 11.6. The van der Waals surface area contributed by atoms with Gasteiger partial charge in [0.15, 0.2) is 5.58 Å². The van der Waals surface area contributed by atoms with Crippen LogP contribution in [0.5, 0.6) is 0 Å². The number of nitrogens with zero attached hydrogens (tertiary/aromatic N) is 1. The number of rotatable bonds is 5. The Morgan fingerprint density at radius 3 is 2.86 bits per heavy atom. The van der Waals surface area contributed by atoms with Crippen LogP contribution in [0.1, 0.15) is 11.5 Å². The molecule has 2 aromatic heterocycles. The molecule has 1 aromatic carbocycles. The quantitative estimate of drug-likeness (QED) is 0.721. The third-order valence-corrected chi connectivity index (χ3v) is 4.51. The molecule has 8 nitrogen and oxygen atoms in total. The van der Waals surface area contributed by atoms with Gasteiger partial charge in [-0.2, -0.15) is 0 Å². The summed E-state index contributed by atoms with van der Waals surface area (Å²) in [4.78, 5) is 13.6. The molecular weight excluding hydrogens is 310 g/mol. The number of H-pyrrole nitrogens is 1. The molecule has 0 amide bonds. The highest BCUT2D eigenvalue weighted by atomic mass is 32.2. The maximum atomic E-state index is 12.2. The van der Waals surface area contributed by atoms with Crippen molar-refractivity contribution < 1.29 is 17.4 Å². The van der Waals surface area contributed by atoms with Gasteiger partial charge >= 0.3 is 5.76 Å². The fourth-order valence-electron chi connectivity index (χ4n) is 2.03. The summed E-state index contributed by atoms with van der Waals surface area (Å²) in [5.74, 6) is 0.0460. The van der Waals surface area contributed by atoms with Crippen molar-refractivity contribution in [2.45, 2.75) is 18.2 Å². The second kappa shape index (κ2) is 5.43. The van der Waals surface area contributed by atoms with Crippen molar-refractivity contribution in [2.75, 3.05) is 6.54 Å². The zero-order valence-corrected chi connectivity index (χ0v) is 12.4. The van der Waals surface area contributed by atoms with E-state index in [9.17, 15) is 13.2 Å². The Morgan fingerprint density at radius 2 is 2.14 bits per heavy atom. The number of hydrogen-bond acceptors (Lipinski definition) is 6. The molecule has 0 aliphatic carbocycles. The molecule has 0 saturated carbocycles. The van der Waals surface area contributed by atoms with Crippen molar-refractivity contribution in [2.24, 2.45) is 0 Å². The summed E-state index contributed by atoms with van der Waals surface area (Å²) in [5.41, 5.74) is 1.31. The predicted octanol–water partition coefficient (Wildman–Crippen LogP) is 0.939. The van der Waals surface area contributed by atoms with E-state index < -0.39 is 15.8 Å². The maximum absolute atomic E-state index is 12.2. The lowest BCUT2D eigenvalue weighted by Crippen LogP contribution is -2.26. The van der Waals surface area contributed by atoms with Crippen molar-refractivity contribution in [3.63, 3.8) is 0 Å². The summed E-state index contributed by atoms with van der Waals surface area (Å²) >= 11 is 0. The van der Waals surface area contributed by atoms with Gasteiger partial charge in [-0.1, -0.05) is 5.16 Å². The molecule has 3 aromatic rings. The first-order valence-corrected chi connectivity index (χ1v) is 7.97. The van der Waals surface area contributed by atoms with Crippen LogP contribution in [0, 0.1) is 6.92 Å². The van der Waals surface area contributed by atoms with Crippen molar-refractivity contribution in [3.8, 4) is 0 Å². The molecule has 9 heteroatoms. The average molecular weight is 323 g/mol. The van der Waals surface area contributed by atoms with Crippen LogP contribution in [0.3, 0.4) is 0 Å². The van der Waals surface area contributed by atoms with E-state index in [2.05, 4.69) is 14.9 Å². The highest BCUT2D eigenvalue weighted by Crippen LogP contribution is 2.16. The SMILES string of the molecule is Cc1cc(CCNS(=O)(=O)c2ccc3[nH]c(=O)oc3c2)no1. The Bertz CT molecular complexity index is 967. The third-order valence-electron chi connectivity index (χ3n) is 3.05. The van der Waals surface area contributed by atoms with Crippen LogP contribution in [0.15, 0.2) is 42.9 Å². The number of fused-ring (bicyclic) bond motifs is 1. The zero-order chi connectivity index (χ0) is 15.7. The normalized spacial score (nSPS) is 12.0. The Morgan fingerprint density at radius 1 is 1.32 bits per heavy atom. The fraction of sp³-hybridized carbons (Fsp3) is 0.231. The van der Waals surface area contributed by atoms with E-state index >= 15 is 0 Å². The number of benzene rings is 1. The van der Waals surface area contributed by atoms with Gasteiger partial charge in [0.2, 0.25) is 10.0 Å².